The molecule has 0 aromatic heterocycles. The number of nitrogens with one attached hydrogen (secondary N) is 1. The van der Waals surface area contributed by atoms with Crippen LogP contribution in [0.1, 0.15) is 11.1 Å². The Balaban J connectivity index is 1.38. The summed E-state index contributed by atoms with van der Waals surface area (Å²) in [5, 5.41) is 16.7. The fourth-order valence-corrected chi connectivity index (χ4v) is 5.59. The number of hydrogen-bond acceptors (Lipinski definition) is 7. The van der Waals surface area contributed by atoms with Gasteiger partial charge < -0.3 is 14.8 Å². The standard InChI is InChI=1S/C28H19BrClN3O5S/c1-37-24-12-16(11-21(29)26(24)38-15-18-7-4-6-17-5-2-3-8-20(17)18)13-25-27(34)32-28(39-25)31-22-10-9-19(30)14-23(22)33(35)36/h2-14H,15H2,1H3,(H,31,32,34)/b25-13+. The number of fused-ring (bicyclic) bond motifs is 1. The lowest BCUT2D eigenvalue weighted by Gasteiger charge is -2.15. The van der Waals surface area contributed by atoms with Gasteiger partial charge in [0.2, 0.25) is 0 Å². The molecule has 39 heavy (non-hydrogen) atoms. The van der Waals surface area contributed by atoms with Crippen LogP contribution >= 0.6 is 39.3 Å². The zero-order chi connectivity index (χ0) is 27.5. The Bertz CT molecular complexity index is 1690. The van der Waals surface area contributed by atoms with Crippen LogP contribution in [0.4, 0.5) is 11.4 Å². The van der Waals surface area contributed by atoms with Gasteiger partial charge in [0.15, 0.2) is 16.7 Å². The predicted molar refractivity (Wildman–Crippen MR) is 158 cm³/mol. The van der Waals surface area contributed by atoms with Crippen molar-refractivity contribution < 1.29 is 19.2 Å². The van der Waals surface area contributed by atoms with E-state index >= 15 is 0 Å². The minimum absolute atomic E-state index is 0.0885. The van der Waals surface area contributed by atoms with Crippen molar-refractivity contribution in [2.45, 2.75) is 6.61 Å². The highest BCUT2D eigenvalue weighted by Gasteiger charge is 2.26. The second-order valence-corrected chi connectivity index (χ2v) is 10.7. The normalized spacial score (nSPS) is 15.1. The smallest absolute Gasteiger partial charge is 0.296 e. The summed E-state index contributed by atoms with van der Waals surface area (Å²) in [6.07, 6.45) is 1.68. The number of amides is 1. The molecule has 1 amide bonds. The molecule has 0 atom stereocenters. The van der Waals surface area contributed by atoms with E-state index in [4.69, 9.17) is 21.1 Å². The maximum absolute atomic E-state index is 12.6. The Kier molecular flexibility index (Phi) is 7.87. The monoisotopic (exact) mass is 623 g/mol. The van der Waals surface area contributed by atoms with Crippen molar-refractivity contribution in [1.29, 1.82) is 0 Å². The Hall–Kier alpha value is -3.86. The van der Waals surface area contributed by atoms with Gasteiger partial charge in [-0.2, -0.15) is 0 Å². The SMILES string of the molecule is COc1cc(/C=C2/SC(=Nc3ccc(Cl)cc3[N+](=O)[O-])NC2=O)cc(Br)c1OCc1cccc2ccccc12. The summed E-state index contributed by atoms with van der Waals surface area (Å²) in [5.41, 5.74) is 1.56. The van der Waals surface area contributed by atoms with E-state index in [2.05, 4.69) is 44.4 Å². The van der Waals surface area contributed by atoms with Crippen LogP contribution in [-0.4, -0.2) is 23.1 Å². The van der Waals surface area contributed by atoms with Gasteiger partial charge in [-0.1, -0.05) is 54.1 Å². The lowest BCUT2D eigenvalue weighted by atomic mass is 10.1. The fraction of sp³-hybridized carbons (Fsp3) is 0.0714. The van der Waals surface area contributed by atoms with Gasteiger partial charge in [-0.05, 0) is 79.9 Å². The van der Waals surface area contributed by atoms with Gasteiger partial charge >= 0.3 is 0 Å². The van der Waals surface area contributed by atoms with E-state index in [0.29, 0.717) is 33.0 Å². The van der Waals surface area contributed by atoms with E-state index in [1.807, 2.05) is 30.3 Å². The number of aliphatic imine (C=N–C) groups is 1. The molecular formula is C28H19BrClN3O5S. The number of nitrogens with zero attached hydrogens (tertiary/aromatic N) is 2. The highest BCUT2D eigenvalue weighted by Crippen LogP contribution is 2.39. The van der Waals surface area contributed by atoms with Gasteiger partial charge in [-0.3, -0.25) is 14.9 Å². The summed E-state index contributed by atoms with van der Waals surface area (Å²) in [7, 11) is 1.55. The number of halogens is 2. The number of ether oxygens (including phenoxy) is 2. The van der Waals surface area contributed by atoms with Crippen LogP contribution in [0, 0.1) is 10.1 Å². The summed E-state index contributed by atoms with van der Waals surface area (Å²) in [5.74, 6) is 0.653. The number of nitro groups is 1. The van der Waals surface area contributed by atoms with E-state index in [1.165, 1.54) is 18.2 Å². The number of benzene rings is 4. The molecule has 4 aromatic rings. The van der Waals surface area contributed by atoms with Crippen LogP contribution in [0.5, 0.6) is 11.5 Å². The molecule has 0 unspecified atom stereocenters. The molecule has 0 radical (unpaired) electrons. The molecule has 1 N–H and O–H groups in total. The summed E-state index contributed by atoms with van der Waals surface area (Å²) in [4.78, 5) is 28.0. The van der Waals surface area contributed by atoms with Crippen LogP contribution in [-0.2, 0) is 11.4 Å². The zero-order valence-corrected chi connectivity index (χ0v) is 23.5. The number of rotatable bonds is 7. The number of methoxy groups -OCH3 is 1. The first-order chi connectivity index (χ1) is 18.8. The van der Waals surface area contributed by atoms with Crippen molar-refractivity contribution in [1.82, 2.24) is 5.32 Å². The number of carbonyl (C=O) groups excluding carboxylic acids is 1. The van der Waals surface area contributed by atoms with Gasteiger partial charge in [0, 0.05) is 11.1 Å². The number of nitro benzene ring substituents is 1. The van der Waals surface area contributed by atoms with Gasteiger partial charge in [0.25, 0.3) is 11.6 Å². The molecule has 8 nitrogen and oxygen atoms in total. The Morgan fingerprint density at radius 3 is 2.72 bits per heavy atom. The molecule has 5 rings (SSSR count). The Morgan fingerprint density at radius 2 is 1.92 bits per heavy atom. The van der Waals surface area contributed by atoms with Gasteiger partial charge in [-0.15, -0.1) is 0 Å². The van der Waals surface area contributed by atoms with Crippen molar-refractivity contribution in [3.05, 3.63) is 108 Å². The van der Waals surface area contributed by atoms with Crippen LogP contribution in [0.2, 0.25) is 5.02 Å². The summed E-state index contributed by atoms with van der Waals surface area (Å²) in [6.45, 7) is 0.339. The molecule has 11 heteroatoms. The largest absolute Gasteiger partial charge is 0.493 e. The third-order valence-corrected chi connectivity index (χ3v) is 7.54. The third kappa shape index (κ3) is 5.93. The minimum Gasteiger partial charge on any atom is -0.493 e. The minimum atomic E-state index is -0.572. The van der Waals surface area contributed by atoms with Gasteiger partial charge in [0.05, 0.1) is 21.4 Å². The van der Waals surface area contributed by atoms with E-state index in [0.717, 1.165) is 28.1 Å². The van der Waals surface area contributed by atoms with Crippen molar-refractivity contribution >= 4 is 78.6 Å². The number of thioether (sulfide) groups is 1. The zero-order valence-electron chi connectivity index (χ0n) is 20.3. The van der Waals surface area contributed by atoms with Crippen LogP contribution < -0.4 is 14.8 Å². The van der Waals surface area contributed by atoms with Crippen LogP contribution in [0.3, 0.4) is 0 Å². The topological polar surface area (TPSA) is 103 Å². The first kappa shape index (κ1) is 26.7. The first-order valence-corrected chi connectivity index (χ1v) is 13.5. The molecule has 1 heterocycles. The molecule has 196 valence electrons. The number of carbonyl (C=O) groups is 1. The van der Waals surface area contributed by atoms with Gasteiger partial charge in [-0.25, -0.2) is 4.99 Å². The average Bonchev–Trinajstić information content (AvgIpc) is 3.26. The third-order valence-electron chi connectivity index (χ3n) is 5.81. The molecule has 1 aliphatic heterocycles. The first-order valence-electron chi connectivity index (χ1n) is 11.5. The summed E-state index contributed by atoms with van der Waals surface area (Å²) >= 11 is 10.5. The molecule has 0 saturated carbocycles. The van der Waals surface area contributed by atoms with Crippen molar-refractivity contribution in [2.75, 3.05) is 7.11 Å². The van der Waals surface area contributed by atoms with E-state index in [9.17, 15) is 14.9 Å². The second-order valence-electron chi connectivity index (χ2n) is 8.33. The average molecular weight is 625 g/mol. The fourth-order valence-electron chi connectivity index (χ4n) is 4.01. The van der Waals surface area contributed by atoms with E-state index in [-0.39, 0.29) is 27.5 Å². The van der Waals surface area contributed by atoms with E-state index in [1.54, 1.807) is 19.3 Å². The van der Waals surface area contributed by atoms with Crippen molar-refractivity contribution in [3.63, 3.8) is 0 Å². The van der Waals surface area contributed by atoms with Crippen molar-refractivity contribution in [3.8, 4) is 11.5 Å². The van der Waals surface area contributed by atoms with Crippen LogP contribution in [0.15, 0.2) is 87.2 Å². The summed E-state index contributed by atoms with van der Waals surface area (Å²) < 4.78 is 12.4. The highest BCUT2D eigenvalue weighted by atomic mass is 79.9. The summed E-state index contributed by atoms with van der Waals surface area (Å²) in [6, 6.07) is 21.9. The molecule has 0 aliphatic carbocycles. The molecule has 0 bridgehead atoms. The number of amidine groups is 1. The quantitative estimate of drug-likeness (QED) is 0.129. The molecule has 4 aromatic carbocycles. The number of hydrogen-bond donors (Lipinski definition) is 1. The maximum atomic E-state index is 12.6. The van der Waals surface area contributed by atoms with Gasteiger partial charge in [0.1, 0.15) is 12.3 Å². The molecular weight excluding hydrogens is 606 g/mol. The molecule has 1 aliphatic rings. The van der Waals surface area contributed by atoms with Crippen LogP contribution in [0.25, 0.3) is 16.8 Å². The molecule has 1 fully saturated rings. The predicted octanol–water partition coefficient (Wildman–Crippen LogP) is 7.64. The molecule has 1 saturated heterocycles. The van der Waals surface area contributed by atoms with Crippen molar-refractivity contribution in [2.24, 2.45) is 4.99 Å². The Labute approximate surface area is 241 Å². The molecule has 0 spiro atoms. The lowest BCUT2D eigenvalue weighted by Crippen LogP contribution is -2.19. The lowest BCUT2D eigenvalue weighted by molar-refractivity contribution is -0.384. The highest BCUT2D eigenvalue weighted by molar-refractivity contribution is 9.10. The van der Waals surface area contributed by atoms with E-state index < -0.39 is 4.92 Å². The second kappa shape index (κ2) is 11.5. The maximum Gasteiger partial charge on any atom is 0.296 e. The Morgan fingerprint density at radius 1 is 1.13 bits per heavy atom.